The van der Waals surface area contributed by atoms with Crippen LogP contribution in [-0.4, -0.2) is 48.1 Å². The average molecular weight is 464 g/mol. The maximum absolute atomic E-state index is 13.3. The van der Waals surface area contributed by atoms with Crippen molar-refractivity contribution in [3.8, 4) is 5.75 Å². The van der Waals surface area contributed by atoms with Crippen molar-refractivity contribution in [2.24, 2.45) is 0 Å². The van der Waals surface area contributed by atoms with Crippen molar-refractivity contribution in [1.29, 1.82) is 0 Å². The predicted octanol–water partition coefficient (Wildman–Crippen LogP) is 4.90. The highest BCUT2D eigenvalue weighted by Crippen LogP contribution is 2.42. The van der Waals surface area contributed by atoms with Gasteiger partial charge in [-0.3, -0.25) is 9.59 Å². The lowest BCUT2D eigenvalue weighted by molar-refractivity contribution is -0.140. The number of carbonyl (C=O) groups excluding carboxylic acids is 2. The Morgan fingerprint density at radius 2 is 1.91 bits per heavy atom. The first-order chi connectivity index (χ1) is 16.1. The summed E-state index contributed by atoms with van der Waals surface area (Å²) < 4.78 is 11.3. The van der Waals surface area contributed by atoms with E-state index in [-0.39, 0.29) is 22.9 Å². The number of ether oxygens (including phenoxy) is 2. The Morgan fingerprint density at radius 1 is 1.18 bits per heavy atom. The molecule has 180 valence electrons. The third-order valence-corrected chi connectivity index (χ3v) is 6.73. The molecule has 0 saturated carbocycles. The molecule has 4 rings (SSSR count). The zero-order valence-corrected chi connectivity index (χ0v) is 20.6. The molecule has 2 aliphatic heterocycles. The second-order valence-electron chi connectivity index (χ2n) is 10.1. The van der Waals surface area contributed by atoms with Crippen LogP contribution < -0.4 is 4.74 Å². The molecule has 0 aliphatic carbocycles. The van der Waals surface area contributed by atoms with E-state index in [0.717, 1.165) is 29.5 Å². The number of hydrogen-bond acceptors (Lipinski definition) is 5. The van der Waals surface area contributed by atoms with Gasteiger partial charge in [0.05, 0.1) is 24.8 Å². The third kappa shape index (κ3) is 4.34. The highest BCUT2D eigenvalue weighted by molar-refractivity contribution is 6.46. The van der Waals surface area contributed by atoms with Crippen LogP contribution in [0.25, 0.3) is 5.76 Å². The second kappa shape index (κ2) is 9.26. The summed E-state index contributed by atoms with van der Waals surface area (Å²) >= 11 is 0. The van der Waals surface area contributed by atoms with Crippen molar-refractivity contribution in [1.82, 2.24) is 4.90 Å². The zero-order valence-electron chi connectivity index (χ0n) is 20.6. The maximum Gasteiger partial charge on any atom is 0.295 e. The van der Waals surface area contributed by atoms with E-state index < -0.39 is 17.7 Å². The summed E-state index contributed by atoms with van der Waals surface area (Å²) in [5.74, 6) is -0.736. The molecule has 2 aliphatic rings. The lowest BCUT2D eigenvalue weighted by Gasteiger charge is -2.28. The maximum atomic E-state index is 13.3. The lowest BCUT2D eigenvalue weighted by atomic mass is 9.84. The number of hydrogen-bond donors (Lipinski definition) is 1. The number of likely N-dealkylation sites (tertiary alicyclic amines) is 1. The molecule has 2 aromatic rings. The molecule has 6 nitrogen and oxygen atoms in total. The first-order valence-electron chi connectivity index (χ1n) is 11.8. The van der Waals surface area contributed by atoms with Gasteiger partial charge in [0.15, 0.2) is 0 Å². The van der Waals surface area contributed by atoms with Crippen molar-refractivity contribution in [3.63, 3.8) is 0 Å². The van der Waals surface area contributed by atoms with Crippen LogP contribution in [0.15, 0.2) is 48.0 Å². The number of methoxy groups -OCH3 is 1. The van der Waals surface area contributed by atoms with Crippen molar-refractivity contribution in [2.45, 2.75) is 58.1 Å². The molecular formula is C28H33NO5. The Balaban J connectivity index is 1.88. The van der Waals surface area contributed by atoms with Gasteiger partial charge in [0, 0.05) is 24.3 Å². The van der Waals surface area contributed by atoms with Gasteiger partial charge in [-0.05, 0) is 54.5 Å². The van der Waals surface area contributed by atoms with Crippen molar-refractivity contribution in [2.75, 3.05) is 20.3 Å². The Kier molecular flexibility index (Phi) is 6.54. The van der Waals surface area contributed by atoms with Crippen molar-refractivity contribution in [3.05, 3.63) is 70.3 Å². The normalized spacial score (nSPS) is 22.4. The molecule has 2 aromatic carbocycles. The second-order valence-corrected chi connectivity index (χ2v) is 10.1. The third-order valence-electron chi connectivity index (χ3n) is 6.73. The monoisotopic (exact) mass is 463 g/mol. The molecule has 1 N–H and O–H groups in total. The van der Waals surface area contributed by atoms with Crippen LogP contribution in [0, 0.1) is 6.92 Å². The smallest absolute Gasteiger partial charge is 0.295 e. The van der Waals surface area contributed by atoms with Crippen molar-refractivity contribution < 1.29 is 24.2 Å². The fraction of sp³-hybridized carbons (Fsp3) is 0.429. The topological polar surface area (TPSA) is 76.1 Å². The van der Waals surface area contributed by atoms with E-state index in [4.69, 9.17) is 9.47 Å². The summed E-state index contributed by atoms with van der Waals surface area (Å²) in [5.41, 5.74) is 3.03. The van der Waals surface area contributed by atoms with E-state index >= 15 is 0 Å². The minimum absolute atomic E-state index is 0.113. The predicted molar refractivity (Wildman–Crippen MR) is 131 cm³/mol. The van der Waals surface area contributed by atoms with Gasteiger partial charge in [-0.2, -0.15) is 0 Å². The van der Waals surface area contributed by atoms with Crippen molar-refractivity contribution >= 4 is 17.4 Å². The summed E-state index contributed by atoms with van der Waals surface area (Å²) in [4.78, 5) is 28.1. The van der Waals surface area contributed by atoms with Gasteiger partial charge in [-0.25, -0.2) is 0 Å². The standard InChI is InChI=1S/C28H33NO5/c1-17-9-6-7-11-20(17)24-23(26(31)27(32)29(24)16-19-10-8-14-34-19)25(30)18-12-13-22(33-5)21(15-18)28(2,3)4/h6-7,9,11-13,15,19,24,30H,8,10,14,16H2,1-5H3/b25-23+. The minimum atomic E-state index is -0.675. The SMILES string of the molecule is COc1ccc(/C(O)=C2\C(=O)C(=O)N(CC3CCCO3)C2c2ccccc2C)cc1C(C)(C)C. The minimum Gasteiger partial charge on any atom is -0.507 e. The Hall–Kier alpha value is -3.12. The number of ketones is 1. The molecule has 1 amide bonds. The van der Waals surface area contributed by atoms with Gasteiger partial charge >= 0.3 is 0 Å². The number of amides is 1. The Bertz CT molecular complexity index is 1140. The molecule has 2 atom stereocenters. The van der Waals surface area contributed by atoms with Gasteiger partial charge in [0.25, 0.3) is 11.7 Å². The van der Waals surface area contributed by atoms with E-state index in [2.05, 4.69) is 20.8 Å². The number of Topliss-reactive ketones (excluding diaryl/α,β-unsaturated/α-hetero) is 1. The van der Waals surface area contributed by atoms with Crippen LogP contribution in [0.1, 0.15) is 61.9 Å². The first kappa shape index (κ1) is 24.0. The highest BCUT2D eigenvalue weighted by Gasteiger charge is 2.47. The number of nitrogens with zero attached hydrogens (tertiary/aromatic N) is 1. The molecule has 0 radical (unpaired) electrons. The summed E-state index contributed by atoms with van der Waals surface area (Å²) in [6, 6.07) is 12.4. The van der Waals surface area contributed by atoms with Gasteiger partial charge in [0.2, 0.25) is 0 Å². The fourth-order valence-electron chi connectivity index (χ4n) is 4.89. The van der Waals surface area contributed by atoms with E-state index in [9.17, 15) is 14.7 Å². The first-order valence-corrected chi connectivity index (χ1v) is 11.8. The summed E-state index contributed by atoms with van der Waals surface area (Å²) in [7, 11) is 1.61. The lowest BCUT2D eigenvalue weighted by Crippen LogP contribution is -2.36. The number of aliphatic hydroxyl groups excluding tert-OH is 1. The zero-order chi connectivity index (χ0) is 24.6. The fourth-order valence-corrected chi connectivity index (χ4v) is 4.89. The Morgan fingerprint density at radius 3 is 2.53 bits per heavy atom. The molecule has 2 heterocycles. The average Bonchev–Trinajstić information content (AvgIpc) is 3.40. The molecule has 2 saturated heterocycles. The molecule has 0 aromatic heterocycles. The van der Waals surface area contributed by atoms with Crippen LogP contribution >= 0.6 is 0 Å². The molecule has 2 fully saturated rings. The summed E-state index contributed by atoms with van der Waals surface area (Å²) in [6.45, 7) is 9.10. The van der Waals surface area contributed by atoms with E-state index in [1.54, 1.807) is 24.1 Å². The van der Waals surface area contributed by atoms with E-state index in [0.29, 0.717) is 24.5 Å². The largest absolute Gasteiger partial charge is 0.507 e. The quantitative estimate of drug-likeness (QED) is 0.388. The van der Waals surface area contributed by atoms with Crippen LogP contribution in [0.4, 0.5) is 0 Å². The molecule has 0 bridgehead atoms. The number of benzene rings is 2. The summed E-state index contributed by atoms with van der Waals surface area (Å²) in [5, 5.41) is 11.5. The Labute approximate surface area is 201 Å². The number of aliphatic hydroxyl groups is 1. The molecule has 6 heteroatoms. The highest BCUT2D eigenvalue weighted by atomic mass is 16.5. The van der Waals surface area contributed by atoms with E-state index in [1.165, 1.54) is 0 Å². The molecular weight excluding hydrogens is 430 g/mol. The van der Waals surface area contributed by atoms with Crippen LogP contribution in [0.5, 0.6) is 5.75 Å². The van der Waals surface area contributed by atoms with Gasteiger partial charge in [0.1, 0.15) is 11.5 Å². The van der Waals surface area contributed by atoms with Gasteiger partial charge < -0.3 is 19.5 Å². The van der Waals surface area contributed by atoms with Crippen LogP contribution in [0.3, 0.4) is 0 Å². The molecule has 34 heavy (non-hydrogen) atoms. The molecule has 0 spiro atoms. The van der Waals surface area contributed by atoms with Gasteiger partial charge in [-0.15, -0.1) is 0 Å². The molecule has 2 unspecified atom stereocenters. The van der Waals surface area contributed by atoms with Crippen LogP contribution in [0.2, 0.25) is 0 Å². The van der Waals surface area contributed by atoms with E-state index in [1.807, 2.05) is 37.3 Å². The summed E-state index contributed by atoms with van der Waals surface area (Å²) in [6.07, 6.45) is 1.67. The van der Waals surface area contributed by atoms with Gasteiger partial charge in [-0.1, -0.05) is 45.0 Å². The number of aryl methyl sites for hydroxylation is 1. The number of rotatable bonds is 5. The number of carbonyl (C=O) groups is 2. The van der Waals surface area contributed by atoms with Crippen LogP contribution in [-0.2, 0) is 19.7 Å².